The zero-order chi connectivity index (χ0) is 22.3. The minimum atomic E-state index is -0.365. The predicted molar refractivity (Wildman–Crippen MR) is 119 cm³/mol. The van der Waals surface area contributed by atoms with Crippen molar-refractivity contribution in [3.05, 3.63) is 93.7 Å². The number of aromatic amines is 1. The number of amides is 1. The van der Waals surface area contributed by atoms with E-state index in [9.17, 15) is 14.0 Å². The van der Waals surface area contributed by atoms with Gasteiger partial charge in [0.2, 0.25) is 11.9 Å². The number of ether oxygens (including phenoxy) is 1. The zero-order valence-electron chi connectivity index (χ0n) is 17.6. The molecule has 0 aliphatic carbocycles. The van der Waals surface area contributed by atoms with Crippen molar-refractivity contribution in [3.63, 3.8) is 0 Å². The highest BCUT2D eigenvalue weighted by Crippen LogP contribution is 2.19. The van der Waals surface area contributed by atoms with Crippen LogP contribution in [0.2, 0.25) is 0 Å². The van der Waals surface area contributed by atoms with Crippen LogP contribution in [0.4, 0.5) is 10.3 Å². The van der Waals surface area contributed by atoms with Gasteiger partial charge in [-0.05, 0) is 23.3 Å². The Bertz CT molecular complexity index is 1100. The fourth-order valence-corrected chi connectivity index (χ4v) is 3.70. The molecule has 1 saturated heterocycles. The molecule has 1 fully saturated rings. The largest absolute Gasteiger partial charge is 0.378 e. The highest BCUT2D eigenvalue weighted by atomic mass is 19.1. The number of rotatable bonds is 7. The van der Waals surface area contributed by atoms with Crippen molar-refractivity contribution in [1.82, 2.24) is 15.3 Å². The number of nitrogens with one attached hydrogen (secondary N) is 2. The van der Waals surface area contributed by atoms with E-state index in [4.69, 9.17) is 4.74 Å². The van der Waals surface area contributed by atoms with Crippen LogP contribution in [0.1, 0.15) is 22.9 Å². The van der Waals surface area contributed by atoms with E-state index in [-0.39, 0.29) is 29.7 Å². The molecule has 3 aromatic rings. The summed E-state index contributed by atoms with van der Waals surface area (Å²) < 4.78 is 18.5. The highest BCUT2D eigenvalue weighted by Gasteiger charge is 2.19. The van der Waals surface area contributed by atoms with E-state index in [0.717, 1.165) is 11.1 Å². The van der Waals surface area contributed by atoms with Gasteiger partial charge in [-0.1, -0.05) is 42.5 Å². The second-order valence-electron chi connectivity index (χ2n) is 7.70. The molecule has 0 bridgehead atoms. The van der Waals surface area contributed by atoms with Gasteiger partial charge in [0.05, 0.1) is 31.4 Å². The third kappa shape index (κ3) is 5.79. The Morgan fingerprint density at radius 1 is 1.12 bits per heavy atom. The second-order valence-corrected chi connectivity index (χ2v) is 7.70. The van der Waals surface area contributed by atoms with Crippen molar-refractivity contribution in [1.29, 1.82) is 0 Å². The third-order valence-corrected chi connectivity index (χ3v) is 5.32. The van der Waals surface area contributed by atoms with Gasteiger partial charge >= 0.3 is 0 Å². The van der Waals surface area contributed by atoms with Crippen molar-refractivity contribution in [2.45, 2.75) is 18.9 Å². The van der Waals surface area contributed by atoms with Gasteiger partial charge in [0, 0.05) is 25.6 Å². The highest BCUT2D eigenvalue weighted by molar-refractivity contribution is 5.79. The van der Waals surface area contributed by atoms with Crippen molar-refractivity contribution < 1.29 is 13.9 Å². The lowest BCUT2D eigenvalue weighted by atomic mass is 10.0. The maximum Gasteiger partial charge on any atom is 0.252 e. The first-order valence-corrected chi connectivity index (χ1v) is 10.6. The fourth-order valence-electron chi connectivity index (χ4n) is 3.70. The summed E-state index contributed by atoms with van der Waals surface area (Å²) in [5.74, 6) is -0.0169. The normalized spacial score (nSPS) is 14.7. The van der Waals surface area contributed by atoms with Gasteiger partial charge < -0.3 is 15.0 Å². The van der Waals surface area contributed by atoms with Crippen molar-refractivity contribution in [2.24, 2.45) is 0 Å². The van der Waals surface area contributed by atoms with Crippen molar-refractivity contribution in [2.75, 3.05) is 31.2 Å². The van der Waals surface area contributed by atoms with Gasteiger partial charge in [0.1, 0.15) is 5.82 Å². The number of hydrogen-bond donors (Lipinski definition) is 2. The molecule has 32 heavy (non-hydrogen) atoms. The second kappa shape index (κ2) is 10.2. The van der Waals surface area contributed by atoms with Gasteiger partial charge in [0.25, 0.3) is 5.56 Å². The number of morpholine rings is 1. The molecule has 7 nitrogen and oxygen atoms in total. The molecule has 1 amide bonds. The number of carbonyl (C=O) groups excluding carboxylic acids is 1. The van der Waals surface area contributed by atoms with E-state index in [0.29, 0.717) is 44.4 Å². The van der Waals surface area contributed by atoms with E-state index < -0.39 is 0 Å². The van der Waals surface area contributed by atoms with Crippen LogP contribution >= 0.6 is 0 Å². The monoisotopic (exact) mass is 436 g/mol. The van der Waals surface area contributed by atoms with E-state index in [1.807, 2.05) is 35.2 Å². The van der Waals surface area contributed by atoms with Crippen molar-refractivity contribution >= 4 is 11.9 Å². The number of anilines is 1. The Hall–Kier alpha value is -3.52. The van der Waals surface area contributed by atoms with Crippen molar-refractivity contribution in [3.8, 4) is 0 Å². The van der Waals surface area contributed by atoms with Crippen LogP contribution in [0.5, 0.6) is 0 Å². The van der Waals surface area contributed by atoms with E-state index in [2.05, 4.69) is 15.3 Å². The summed E-state index contributed by atoms with van der Waals surface area (Å²) in [6.07, 6.45) is 0.492. The smallest absolute Gasteiger partial charge is 0.252 e. The molecule has 0 spiro atoms. The van der Waals surface area contributed by atoms with E-state index >= 15 is 0 Å². The Kier molecular flexibility index (Phi) is 6.91. The standard InChI is InChI=1S/C24H25FN4O3/c25-19-8-6-17(7-9-19)14-22(30)27-21(18-4-2-1-3-5-18)15-20-16-23(31)28-24(26-20)29-10-12-32-13-11-29/h1-9,16,21H,10-15H2,(H,27,30)(H,26,28,31)/t21-/m1/s1. The van der Waals surface area contributed by atoms with Gasteiger partial charge in [-0.25, -0.2) is 9.37 Å². The lowest BCUT2D eigenvalue weighted by Gasteiger charge is -2.27. The summed E-state index contributed by atoms with van der Waals surface area (Å²) in [4.78, 5) is 34.5. The number of hydrogen-bond acceptors (Lipinski definition) is 5. The molecule has 166 valence electrons. The lowest BCUT2D eigenvalue weighted by Crippen LogP contribution is -2.38. The van der Waals surface area contributed by atoms with Gasteiger partial charge in [-0.3, -0.25) is 14.6 Å². The third-order valence-electron chi connectivity index (χ3n) is 5.32. The molecule has 1 aliphatic rings. The molecular weight excluding hydrogens is 411 g/mol. The Morgan fingerprint density at radius 3 is 2.56 bits per heavy atom. The van der Waals surface area contributed by atoms with Gasteiger partial charge in [-0.2, -0.15) is 0 Å². The molecule has 2 aromatic carbocycles. The molecule has 1 aromatic heterocycles. The molecule has 4 rings (SSSR count). The van der Waals surface area contributed by atoms with Crippen LogP contribution in [-0.4, -0.2) is 42.2 Å². The summed E-state index contributed by atoms with van der Waals surface area (Å²) in [5.41, 5.74) is 1.99. The Morgan fingerprint density at radius 2 is 1.84 bits per heavy atom. The first-order chi connectivity index (χ1) is 15.6. The first kappa shape index (κ1) is 21.7. The van der Waals surface area contributed by atoms with Crippen LogP contribution in [-0.2, 0) is 22.4 Å². The summed E-state index contributed by atoms with van der Waals surface area (Å²) in [6.45, 7) is 2.48. The van der Waals surface area contributed by atoms with Gasteiger partial charge in [0.15, 0.2) is 0 Å². The van der Waals surface area contributed by atoms with Crippen LogP contribution in [0.3, 0.4) is 0 Å². The number of carbonyl (C=O) groups is 1. The van der Waals surface area contributed by atoms with E-state index in [1.165, 1.54) is 18.2 Å². The Labute approximate surface area is 185 Å². The molecule has 1 atom stereocenters. The maximum atomic E-state index is 13.2. The van der Waals surface area contributed by atoms with Crippen LogP contribution in [0.15, 0.2) is 65.5 Å². The number of nitrogens with zero attached hydrogens (tertiary/aromatic N) is 2. The summed E-state index contributed by atoms with van der Waals surface area (Å²) >= 11 is 0. The average Bonchev–Trinajstić information content (AvgIpc) is 2.81. The number of benzene rings is 2. The first-order valence-electron chi connectivity index (χ1n) is 10.6. The van der Waals surface area contributed by atoms with Crippen LogP contribution in [0, 0.1) is 5.82 Å². The quantitative estimate of drug-likeness (QED) is 0.594. The number of halogens is 1. The Balaban J connectivity index is 1.53. The summed E-state index contributed by atoms with van der Waals surface area (Å²) in [6, 6.07) is 16.5. The molecular formula is C24H25FN4O3. The minimum absolute atomic E-state index is 0.130. The molecule has 0 saturated carbocycles. The summed E-state index contributed by atoms with van der Waals surface area (Å²) in [5, 5.41) is 3.04. The fraction of sp³-hybridized carbons (Fsp3) is 0.292. The van der Waals surface area contributed by atoms with E-state index in [1.54, 1.807) is 12.1 Å². The lowest BCUT2D eigenvalue weighted by molar-refractivity contribution is -0.121. The molecule has 2 heterocycles. The number of aromatic nitrogens is 2. The summed E-state index contributed by atoms with van der Waals surface area (Å²) in [7, 11) is 0. The maximum absolute atomic E-state index is 13.2. The molecule has 0 radical (unpaired) electrons. The predicted octanol–water partition coefficient (Wildman–Crippen LogP) is 2.39. The molecule has 0 unspecified atom stereocenters. The molecule has 2 N–H and O–H groups in total. The topological polar surface area (TPSA) is 87.3 Å². The average molecular weight is 436 g/mol. The van der Waals surface area contributed by atoms with Crippen LogP contribution in [0.25, 0.3) is 0 Å². The van der Waals surface area contributed by atoms with Gasteiger partial charge in [-0.15, -0.1) is 0 Å². The zero-order valence-corrected chi connectivity index (χ0v) is 17.6. The molecule has 8 heteroatoms. The SMILES string of the molecule is O=C(Cc1ccc(F)cc1)N[C@H](Cc1cc(=O)[nH]c(N2CCOCC2)n1)c1ccccc1. The molecule has 1 aliphatic heterocycles. The van der Waals surface area contributed by atoms with Crippen LogP contribution < -0.4 is 15.8 Å². The number of H-pyrrole nitrogens is 1. The minimum Gasteiger partial charge on any atom is -0.378 e.